The van der Waals surface area contributed by atoms with Crippen LogP contribution in [0.5, 0.6) is 0 Å². The molecular formula is C21H21ClN4O. The van der Waals surface area contributed by atoms with E-state index in [1.54, 1.807) is 0 Å². The van der Waals surface area contributed by atoms with Crippen molar-refractivity contribution in [2.24, 2.45) is 0 Å². The van der Waals surface area contributed by atoms with E-state index in [0.29, 0.717) is 36.0 Å². The van der Waals surface area contributed by atoms with Gasteiger partial charge in [-0.3, -0.25) is 4.79 Å². The summed E-state index contributed by atoms with van der Waals surface area (Å²) in [6, 6.07) is 15.9. The Bertz CT molecular complexity index is 895. The lowest BCUT2D eigenvalue weighted by atomic mass is 10.1. The highest BCUT2D eigenvalue weighted by atomic mass is 35.5. The maximum atomic E-state index is 12.2. The minimum Gasteiger partial charge on any atom is -0.352 e. The van der Waals surface area contributed by atoms with Crippen LogP contribution < -0.4 is 10.6 Å². The smallest absolute Gasteiger partial charge is 0.254 e. The average molecular weight is 381 g/mol. The largest absolute Gasteiger partial charge is 0.352 e. The van der Waals surface area contributed by atoms with Crippen LogP contribution in [0.15, 0.2) is 60.9 Å². The van der Waals surface area contributed by atoms with Gasteiger partial charge in [0.25, 0.3) is 5.91 Å². The van der Waals surface area contributed by atoms with Crippen molar-refractivity contribution >= 4 is 23.5 Å². The molecule has 0 fully saturated rings. The highest BCUT2D eigenvalue weighted by Gasteiger charge is 2.07. The summed E-state index contributed by atoms with van der Waals surface area (Å²) in [5.74, 6) is 0.299. The van der Waals surface area contributed by atoms with Gasteiger partial charge in [0.1, 0.15) is 0 Å². The van der Waals surface area contributed by atoms with E-state index in [1.807, 2.05) is 24.3 Å². The molecule has 2 aromatic carbocycles. The molecule has 0 bridgehead atoms. The number of hydrogen-bond acceptors (Lipinski definition) is 4. The molecule has 6 heteroatoms. The molecule has 27 heavy (non-hydrogen) atoms. The number of nitrogens with one attached hydrogen (secondary N) is 2. The van der Waals surface area contributed by atoms with Gasteiger partial charge in [-0.2, -0.15) is 0 Å². The summed E-state index contributed by atoms with van der Waals surface area (Å²) in [5, 5.41) is 6.71. The molecule has 0 aliphatic carbocycles. The molecule has 0 aliphatic rings. The molecule has 0 unspecified atom stereocenters. The van der Waals surface area contributed by atoms with Gasteiger partial charge in [-0.15, -0.1) is 0 Å². The fourth-order valence-electron chi connectivity index (χ4n) is 2.54. The number of hydrogen-bond donors (Lipinski definition) is 2. The van der Waals surface area contributed by atoms with Gasteiger partial charge in [0, 0.05) is 30.5 Å². The Hall–Kier alpha value is -2.92. The van der Waals surface area contributed by atoms with Crippen LogP contribution >= 0.6 is 11.6 Å². The molecule has 3 aromatic rings. The molecule has 0 aliphatic heterocycles. The second kappa shape index (κ2) is 9.14. The monoisotopic (exact) mass is 380 g/mol. The van der Waals surface area contributed by atoms with Gasteiger partial charge in [-0.25, -0.2) is 9.97 Å². The number of anilines is 1. The predicted octanol–water partition coefficient (Wildman–Crippen LogP) is 4.02. The number of carbonyl (C=O) groups is 1. The molecule has 1 aromatic heterocycles. The zero-order valence-corrected chi connectivity index (χ0v) is 15.8. The van der Waals surface area contributed by atoms with Crippen molar-refractivity contribution in [2.45, 2.75) is 19.9 Å². The van der Waals surface area contributed by atoms with Gasteiger partial charge in [-0.1, -0.05) is 53.6 Å². The van der Waals surface area contributed by atoms with Gasteiger partial charge >= 0.3 is 0 Å². The van der Waals surface area contributed by atoms with E-state index in [4.69, 9.17) is 11.6 Å². The first-order valence-corrected chi connectivity index (χ1v) is 9.12. The second-order valence-electron chi connectivity index (χ2n) is 6.27. The maximum absolute atomic E-state index is 12.2. The molecule has 1 amide bonds. The Labute approximate surface area is 163 Å². The number of aromatic nitrogens is 2. The zero-order valence-electron chi connectivity index (χ0n) is 15.1. The number of aryl methyl sites for hydroxylation is 1. The van der Waals surface area contributed by atoms with E-state index < -0.39 is 0 Å². The zero-order chi connectivity index (χ0) is 19.1. The average Bonchev–Trinajstić information content (AvgIpc) is 2.68. The molecular weight excluding hydrogens is 360 g/mol. The first-order chi connectivity index (χ1) is 13.1. The molecule has 0 atom stereocenters. The Kier molecular flexibility index (Phi) is 6.39. The summed E-state index contributed by atoms with van der Waals surface area (Å²) < 4.78 is 0. The number of rotatable bonds is 7. The number of halogens is 1. The minimum absolute atomic E-state index is 0.192. The lowest BCUT2D eigenvalue weighted by Crippen LogP contribution is -2.26. The lowest BCUT2D eigenvalue weighted by Gasteiger charge is -2.07. The van der Waals surface area contributed by atoms with Gasteiger partial charge in [-0.05, 0) is 36.6 Å². The third-order valence-electron chi connectivity index (χ3n) is 4.07. The second-order valence-corrected chi connectivity index (χ2v) is 6.71. The third-order valence-corrected chi connectivity index (χ3v) is 4.31. The first-order valence-electron chi connectivity index (χ1n) is 8.74. The summed E-state index contributed by atoms with van der Waals surface area (Å²) in [4.78, 5) is 20.6. The van der Waals surface area contributed by atoms with Crippen LogP contribution in [0.2, 0.25) is 5.02 Å². The van der Waals surface area contributed by atoms with Crippen LogP contribution in [0, 0.1) is 6.92 Å². The fourth-order valence-corrected chi connectivity index (χ4v) is 2.75. The van der Waals surface area contributed by atoms with E-state index in [-0.39, 0.29) is 5.91 Å². The van der Waals surface area contributed by atoms with E-state index in [9.17, 15) is 4.79 Å². The lowest BCUT2D eigenvalue weighted by molar-refractivity contribution is 0.0953. The van der Waals surface area contributed by atoms with E-state index >= 15 is 0 Å². The fraction of sp³-hybridized carbons (Fsp3) is 0.190. The van der Waals surface area contributed by atoms with Crippen LogP contribution in [0.1, 0.15) is 27.0 Å². The number of nitrogens with zero attached hydrogens (tertiary/aromatic N) is 2. The van der Waals surface area contributed by atoms with Crippen molar-refractivity contribution in [1.29, 1.82) is 0 Å². The number of amides is 1. The summed E-state index contributed by atoms with van der Waals surface area (Å²) in [7, 11) is 0. The highest BCUT2D eigenvalue weighted by molar-refractivity contribution is 6.30. The summed E-state index contributed by atoms with van der Waals surface area (Å²) in [6.45, 7) is 3.21. The van der Waals surface area contributed by atoms with Crippen molar-refractivity contribution in [3.8, 4) is 0 Å². The van der Waals surface area contributed by atoms with Crippen molar-refractivity contribution < 1.29 is 4.79 Å². The van der Waals surface area contributed by atoms with Gasteiger partial charge in [0.05, 0.1) is 5.56 Å². The van der Waals surface area contributed by atoms with Gasteiger partial charge in [0.2, 0.25) is 5.95 Å². The molecule has 1 heterocycles. The van der Waals surface area contributed by atoms with Crippen LogP contribution in [0.3, 0.4) is 0 Å². The van der Waals surface area contributed by atoms with Crippen LogP contribution in [0.25, 0.3) is 0 Å². The molecule has 0 radical (unpaired) electrons. The van der Waals surface area contributed by atoms with Crippen LogP contribution in [-0.4, -0.2) is 22.4 Å². The van der Waals surface area contributed by atoms with Crippen LogP contribution in [0.4, 0.5) is 5.95 Å². The molecule has 2 N–H and O–H groups in total. The number of carbonyl (C=O) groups excluding carboxylic acids is 1. The Morgan fingerprint density at radius 3 is 2.48 bits per heavy atom. The highest BCUT2D eigenvalue weighted by Crippen LogP contribution is 2.11. The summed E-state index contributed by atoms with van der Waals surface area (Å²) in [5.41, 5.74) is 3.88. The van der Waals surface area contributed by atoms with Gasteiger partial charge < -0.3 is 10.6 Å². The molecule has 0 spiro atoms. The molecule has 138 valence electrons. The van der Waals surface area contributed by atoms with E-state index in [1.165, 1.54) is 18.0 Å². The minimum atomic E-state index is -0.192. The van der Waals surface area contributed by atoms with Crippen molar-refractivity contribution in [1.82, 2.24) is 15.3 Å². The first kappa shape index (κ1) is 18.9. The normalized spacial score (nSPS) is 10.4. The third kappa shape index (κ3) is 5.79. The van der Waals surface area contributed by atoms with Gasteiger partial charge in [0.15, 0.2) is 0 Å². The summed E-state index contributed by atoms with van der Waals surface area (Å²) in [6.07, 6.45) is 3.77. The Balaban J connectivity index is 1.47. The molecule has 0 saturated heterocycles. The topological polar surface area (TPSA) is 66.9 Å². The Morgan fingerprint density at radius 2 is 1.78 bits per heavy atom. The van der Waals surface area contributed by atoms with Crippen molar-refractivity contribution in [2.75, 3.05) is 11.9 Å². The summed E-state index contributed by atoms with van der Waals surface area (Å²) >= 11 is 5.96. The molecule has 3 rings (SSSR count). The quantitative estimate of drug-likeness (QED) is 0.649. The predicted molar refractivity (Wildman–Crippen MR) is 108 cm³/mol. The van der Waals surface area contributed by atoms with Crippen LogP contribution in [-0.2, 0) is 13.0 Å². The standard InChI is InChI=1S/C21H21ClN4O/c1-15-5-7-17(8-6-15)12-24-21-25-13-18(14-26-21)20(27)23-10-9-16-3-2-4-19(22)11-16/h2-8,11,13-14H,9-10,12H2,1H3,(H,23,27)(H,24,25,26). The molecule has 5 nitrogen and oxygen atoms in total. The Morgan fingerprint density at radius 1 is 1.04 bits per heavy atom. The van der Waals surface area contributed by atoms with Crippen molar-refractivity contribution in [3.05, 3.63) is 88.2 Å². The maximum Gasteiger partial charge on any atom is 0.254 e. The number of benzene rings is 2. The molecule has 0 saturated carbocycles. The van der Waals surface area contributed by atoms with E-state index in [2.05, 4.69) is 51.8 Å². The van der Waals surface area contributed by atoms with E-state index in [0.717, 1.165) is 11.1 Å². The van der Waals surface area contributed by atoms with Crippen molar-refractivity contribution in [3.63, 3.8) is 0 Å². The SMILES string of the molecule is Cc1ccc(CNc2ncc(C(=O)NCCc3cccc(Cl)c3)cn2)cc1.